The molecule has 1 heterocycles. The van der Waals surface area contributed by atoms with Gasteiger partial charge in [-0.25, -0.2) is 15.8 Å². The summed E-state index contributed by atoms with van der Waals surface area (Å²) in [6, 6.07) is 1.88. The average Bonchev–Trinajstić information content (AvgIpc) is 2.56. The van der Waals surface area contributed by atoms with Crippen LogP contribution in [0.25, 0.3) is 0 Å². The van der Waals surface area contributed by atoms with Crippen LogP contribution >= 0.6 is 0 Å². The molecule has 0 atom stereocenters. The van der Waals surface area contributed by atoms with Gasteiger partial charge in [0, 0.05) is 17.7 Å². The summed E-state index contributed by atoms with van der Waals surface area (Å²) in [5.41, 5.74) is 3.60. The maximum atomic E-state index is 5.41. The second kappa shape index (κ2) is 5.25. The van der Waals surface area contributed by atoms with E-state index in [1.54, 1.807) is 0 Å². The molecule has 0 amide bonds. The SMILES string of the molecule is Cc1cc(NN)nc(C2CCCCCC2)n1. The van der Waals surface area contributed by atoms with Crippen LogP contribution in [0, 0.1) is 6.92 Å². The number of nitrogens with zero attached hydrogens (tertiary/aromatic N) is 2. The molecule has 1 saturated carbocycles. The van der Waals surface area contributed by atoms with Gasteiger partial charge in [-0.05, 0) is 19.8 Å². The minimum atomic E-state index is 0.523. The molecule has 0 radical (unpaired) electrons. The second-order valence-corrected chi connectivity index (χ2v) is 4.59. The van der Waals surface area contributed by atoms with Crippen LogP contribution in [0.1, 0.15) is 56.0 Å². The third-order valence-electron chi connectivity index (χ3n) is 3.24. The summed E-state index contributed by atoms with van der Waals surface area (Å²) >= 11 is 0. The number of nitrogen functional groups attached to an aromatic ring is 1. The van der Waals surface area contributed by atoms with Gasteiger partial charge in [-0.2, -0.15) is 0 Å². The first kappa shape index (κ1) is 11.3. The summed E-state index contributed by atoms with van der Waals surface area (Å²) in [5.74, 6) is 7.63. The Balaban J connectivity index is 2.20. The van der Waals surface area contributed by atoms with E-state index in [-0.39, 0.29) is 0 Å². The first-order valence-electron chi connectivity index (χ1n) is 6.12. The van der Waals surface area contributed by atoms with Gasteiger partial charge in [0.25, 0.3) is 0 Å². The fourth-order valence-corrected chi connectivity index (χ4v) is 2.39. The molecule has 0 bridgehead atoms. The number of aromatic nitrogens is 2. The molecule has 1 aromatic rings. The minimum absolute atomic E-state index is 0.523. The maximum absolute atomic E-state index is 5.41. The summed E-state index contributed by atoms with van der Waals surface area (Å²) in [5, 5.41) is 0. The van der Waals surface area contributed by atoms with E-state index in [0.717, 1.165) is 17.3 Å². The highest BCUT2D eigenvalue weighted by atomic mass is 15.3. The van der Waals surface area contributed by atoms with Gasteiger partial charge in [0.2, 0.25) is 0 Å². The number of hydrogen-bond donors (Lipinski definition) is 2. The lowest BCUT2D eigenvalue weighted by molar-refractivity contribution is 0.559. The summed E-state index contributed by atoms with van der Waals surface area (Å²) in [6.07, 6.45) is 7.73. The predicted molar refractivity (Wildman–Crippen MR) is 65.0 cm³/mol. The fourth-order valence-electron chi connectivity index (χ4n) is 2.39. The van der Waals surface area contributed by atoms with E-state index in [1.807, 2.05) is 13.0 Å². The fraction of sp³-hybridized carbons (Fsp3) is 0.667. The zero-order chi connectivity index (χ0) is 11.4. The maximum Gasteiger partial charge on any atom is 0.143 e. The number of hydrogen-bond acceptors (Lipinski definition) is 4. The molecule has 0 aromatic carbocycles. The molecule has 1 fully saturated rings. The van der Waals surface area contributed by atoms with Crippen molar-refractivity contribution in [1.29, 1.82) is 0 Å². The zero-order valence-electron chi connectivity index (χ0n) is 9.87. The van der Waals surface area contributed by atoms with Gasteiger partial charge >= 0.3 is 0 Å². The molecule has 1 aliphatic rings. The van der Waals surface area contributed by atoms with Crippen LogP contribution in [0.3, 0.4) is 0 Å². The molecule has 2 rings (SSSR count). The molecular weight excluding hydrogens is 200 g/mol. The van der Waals surface area contributed by atoms with Crippen LogP contribution in [0.2, 0.25) is 0 Å². The number of rotatable bonds is 2. The van der Waals surface area contributed by atoms with E-state index in [2.05, 4.69) is 15.4 Å². The van der Waals surface area contributed by atoms with Gasteiger partial charge in [-0.3, -0.25) is 0 Å². The van der Waals surface area contributed by atoms with Crippen LogP contribution in [-0.2, 0) is 0 Å². The standard InChI is InChI=1S/C12H20N4/c1-9-8-11(16-13)15-12(14-9)10-6-4-2-3-5-7-10/h8,10H,2-7,13H2,1H3,(H,14,15,16). The largest absolute Gasteiger partial charge is 0.308 e. The molecule has 4 nitrogen and oxygen atoms in total. The molecule has 0 aliphatic heterocycles. The summed E-state index contributed by atoms with van der Waals surface area (Å²) in [6.45, 7) is 1.99. The van der Waals surface area contributed by atoms with Crippen molar-refractivity contribution in [3.05, 3.63) is 17.6 Å². The first-order valence-corrected chi connectivity index (χ1v) is 6.12. The van der Waals surface area contributed by atoms with Gasteiger partial charge < -0.3 is 5.43 Å². The van der Waals surface area contributed by atoms with Crippen LogP contribution in [-0.4, -0.2) is 9.97 Å². The van der Waals surface area contributed by atoms with Crippen molar-refractivity contribution < 1.29 is 0 Å². The summed E-state index contributed by atoms with van der Waals surface area (Å²) in [4.78, 5) is 9.01. The lowest BCUT2D eigenvalue weighted by Gasteiger charge is -2.14. The number of hydrazine groups is 1. The molecule has 1 aliphatic carbocycles. The van der Waals surface area contributed by atoms with E-state index >= 15 is 0 Å². The molecule has 0 unspecified atom stereocenters. The van der Waals surface area contributed by atoms with Crippen molar-refractivity contribution in [2.75, 3.05) is 5.43 Å². The Kier molecular flexibility index (Phi) is 3.72. The third kappa shape index (κ3) is 2.70. The summed E-state index contributed by atoms with van der Waals surface area (Å²) in [7, 11) is 0. The van der Waals surface area contributed by atoms with E-state index in [4.69, 9.17) is 5.84 Å². The number of aryl methyl sites for hydroxylation is 1. The Morgan fingerprint density at radius 2 is 1.88 bits per heavy atom. The second-order valence-electron chi connectivity index (χ2n) is 4.59. The monoisotopic (exact) mass is 220 g/mol. The number of nitrogens with one attached hydrogen (secondary N) is 1. The van der Waals surface area contributed by atoms with Crippen molar-refractivity contribution in [1.82, 2.24) is 9.97 Å². The Morgan fingerprint density at radius 1 is 1.19 bits per heavy atom. The van der Waals surface area contributed by atoms with Crippen molar-refractivity contribution in [2.45, 2.75) is 51.4 Å². The Labute approximate surface area is 96.6 Å². The highest BCUT2D eigenvalue weighted by Gasteiger charge is 2.17. The van der Waals surface area contributed by atoms with Gasteiger partial charge in [-0.1, -0.05) is 25.7 Å². The van der Waals surface area contributed by atoms with Gasteiger partial charge in [0.05, 0.1) is 0 Å². The van der Waals surface area contributed by atoms with E-state index < -0.39 is 0 Å². The molecule has 16 heavy (non-hydrogen) atoms. The van der Waals surface area contributed by atoms with Crippen LogP contribution < -0.4 is 11.3 Å². The third-order valence-corrected chi connectivity index (χ3v) is 3.24. The highest BCUT2D eigenvalue weighted by Crippen LogP contribution is 2.30. The Bertz CT molecular complexity index is 343. The molecule has 88 valence electrons. The van der Waals surface area contributed by atoms with Crippen LogP contribution in [0.15, 0.2) is 6.07 Å². The zero-order valence-corrected chi connectivity index (χ0v) is 9.87. The van der Waals surface area contributed by atoms with Crippen LogP contribution in [0.4, 0.5) is 5.82 Å². The van der Waals surface area contributed by atoms with Gasteiger partial charge in [-0.15, -0.1) is 0 Å². The van der Waals surface area contributed by atoms with Gasteiger partial charge in [0.1, 0.15) is 11.6 Å². The first-order chi connectivity index (χ1) is 7.79. The normalized spacial score (nSPS) is 18.1. The molecule has 1 aromatic heterocycles. The smallest absolute Gasteiger partial charge is 0.143 e. The van der Waals surface area contributed by atoms with Gasteiger partial charge in [0.15, 0.2) is 0 Å². The van der Waals surface area contributed by atoms with Crippen molar-refractivity contribution >= 4 is 5.82 Å². The highest BCUT2D eigenvalue weighted by molar-refractivity contribution is 5.34. The number of nitrogens with two attached hydrogens (primary N) is 1. The Morgan fingerprint density at radius 3 is 2.50 bits per heavy atom. The molecule has 0 spiro atoms. The van der Waals surface area contributed by atoms with Crippen molar-refractivity contribution in [3.63, 3.8) is 0 Å². The molecule has 4 heteroatoms. The lowest BCUT2D eigenvalue weighted by Crippen LogP contribution is -2.12. The number of anilines is 1. The predicted octanol–water partition coefficient (Wildman–Crippen LogP) is 2.51. The van der Waals surface area contributed by atoms with E-state index in [1.165, 1.54) is 38.5 Å². The van der Waals surface area contributed by atoms with Crippen molar-refractivity contribution in [3.8, 4) is 0 Å². The quantitative estimate of drug-likeness (QED) is 0.456. The minimum Gasteiger partial charge on any atom is -0.308 e. The average molecular weight is 220 g/mol. The van der Waals surface area contributed by atoms with Crippen molar-refractivity contribution in [2.24, 2.45) is 5.84 Å². The molecule has 3 N–H and O–H groups in total. The van der Waals surface area contributed by atoms with E-state index in [0.29, 0.717) is 5.92 Å². The summed E-state index contributed by atoms with van der Waals surface area (Å²) < 4.78 is 0. The Hall–Kier alpha value is -1.16. The lowest BCUT2D eigenvalue weighted by atomic mass is 9.99. The van der Waals surface area contributed by atoms with E-state index in [9.17, 15) is 0 Å². The topological polar surface area (TPSA) is 63.8 Å². The molecular formula is C12H20N4. The van der Waals surface area contributed by atoms with Crippen LogP contribution in [0.5, 0.6) is 0 Å². The molecule has 0 saturated heterocycles.